The van der Waals surface area contributed by atoms with Crippen molar-refractivity contribution in [3.63, 3.8) is 0 Å². The Morgan fingerprint density at radius 3 is 2.43 bits per heavy atom. The average Bonchev–Trinajstić information content (AvgIpc) is 2.59. The normalized spacial score (nSPS) is 11.6. The van der Waals surface area contributed by atoms with Gasteiger partial charge in [0.1, 0.15) is 5.82 Å². The molecule has 0 aliphatic carbocycles. The number of hydrogen-bond acceptors (Lipinski definition) is 3. The summed E-state index contributed by atoms with van der Waals surface area (Å²) >= 11 is 0. The minimum Gasteiger partial charge on any atom is -0.357 e. The molecule has 0 unspecified atom stereocenters. The Balaban J connectivity index is 0.00000392. The summed E-state index contributed by atoms with van der Waals surface area (Å²) in [6.07, 6.45) is 1.16. The van der Waals surface area contributed by atoms with Gasteiger partial charge in [0.05, 0.1) is 12.3 Å². The summed E-state index contributed by atoms with van der Waals surface area (Å²) in [5.74, 6) is 0.0522. The maximum absolute atomic E-state index is 13.6. The van der Waals surface area contributed by atoms with Crippen LogP contribution in [0.2, 0.25) is 0 Å². The second kappa shape index (κ2) is 11.4. The van der Waals surface area contributed by atoms with E-state index in [0.29, 0.717) is 30.2 Å². The quantitative estimate of drug-likeness (QED) is 0.334. The van der Waals surface area contributed by atoms with Crippen LogP contribution < -0.4 is 10.6 Å². The summed E-state index contributed by atoms with van der Waals surface area (Å²) in [6, 6.07) is 12.2. The smallest absolute Gasteiger partial charge is 0.191 e. The van der Waals surface area contributed by atoms with E-state index in [9.17, 15) is 12.8 Å². The first-order valence-corrected chi connectivity index (χ1v) is 10.9. The van der Waals surface area contributed by atoms with Gasteiger partial charge in [-0.1, -0.05) is 30.3 Å². The van der Waals surface area contributed by atoms with E-state index >= 15 is 0 Å². The predicted molar refractivity (Wildman–Crippen MR) is 123 cm³/mol. The van der Waals surface area contributed by atoms with E-state index in [2.05, 4.69) is 15.6 Å². The van der Waals surface area contributed by atoms with Crippen LogP contribution in [0, 0.1) is 12.7 Å². The number of aryl methyl sites for hydroxylation is 1. The molecule has 8 heteroatoms. The summed E-state index contributed by atoms with van der Waals surface area (Å²) in [5, 5.41) is 6.41. The molecule has 0 saturated heterocycles. The van der Waals surface area contributed by atoms with Crippen molar-refractivity contribution in [3.05, 3.63) is 70.5 Å². The first-order chi connectivity index (χ1) is 12.8. The lowest BCUT2D eigenvalue weighted by molar-refractivity contribution is 0.600. The lowest BCUT2D eigenvalue weighted by Gasteiger charge is -2.13. The van der Waals surface area contributed by atoms with E-state index in [-0.39, 0.29) is 36.3 Å². The molecule has 0 amide bonds. The minimum atomic E-state index is -3.21. The molecule has 2 aromatic carbocycles. The monoisotopic (exact) mass is 519 g/mol. The van der Waals surface area contributed by atoms with Gasteiger partial charge in [0.2, 0.25) is 0 Å². The van der Waals surface area contributed by atoms with Crippen LogP contribution in [-0.4, -0.2) is 27.2 Å². The van der Waals surface area contributed by atoms with Crippen LogP contribution in [0.5, 0.6) is 0 Å². The molecule has 5 nitrogen and oxygen atoms in total. The Morgan fingerprint density at radius 1 is 1.07 bits per heavy atom. The third kappa shape index (κ3) is 8.14. The number of rotatable bonds is 7. The summed E-state index contributed by atoms with van der Waals surface area (Å²) in [7, 11) is -3.21. The molecular weight excluding hydrogens is 492 g/mol. The summed E-state index contributed by atoms with van der Waals surface area (Å²) < 4.78 is 36.9. The van der Waals surface area contributed by atoms with Crippen molar-refractivity contribution in [2.24, 2.45) is 4.99 Å². The van der Waals surface area contributed by atoms with Gasteiger partial charge in [-0.15, -0.1) is 24.0 Å². The highest BCUT2D eigenvalue weighted by Gasteiger charge is 2.11. The van der Waals surface area contributed by atoms with E-state index in [1.165, 1.54) is 23.8 Å². The van der Waals surface area contributed by atoms with E-state index in [4.69, 9.17) is 0 Å². The lowest BCUT2D eigenvalue weighted by Crippen LogP contribution is -2.37. The van der Waals surface area contributed by atoms with Crippen molar-refractivity contribution in [1.29, 1.82) is 0 Å². The van der Waals surface area contributed by atoms with Crippen molar-refractivity contribution < 1.29 is 12.8 Å². The van der Waals surface area contributed by atoms with Gasteiger partial charge in [0.25, 0.3) is 0 Å². The van der Waals surface area contributed by atoms with Gasteiger partial charge in [0.15, 0.2) is 15.8 Å². The van der Waals surface area contributed by atoms with Crippen LogP contribution in [-0.2, 0) is 28.7 Å². The van der Waals surface area contributed by atoms with Crippen LogP contribution in [0.25, 0.3) is 0 Å². The van der Waals surface area contributed by atoms with E-state index in [1.54, 1.807) is 0 Å². The van der Waals surface area contributed by atoms with Crippen molar-refractivity contribution in [2.45, 2.75) is 32.7 Å². The minimum absolute atomic E-state index is 0. The van der Waals surface area contributed by atoms with Crippen molar-refractivity contribution in [2.75, 3.05) is 12.8 Å². The van der Waals surface area contributed by atoms with Gasteiger partial charge in [-0.2, -0.15) is 0 Å². The maximum atomic E-state index is 13.6. The molecule has 28 heavy (non-hydrogen) atoms. The molecule has 0 atom stereocenters. The van der Waals surface area contributed by atoms with Gasteiger partial charge >= 0.3 is 0 Å². The van der Waals surface area contributed by atoms with Crippen molar-refractivity contribution in [1.82, 2.24) is 10.6 Å². The van der Waals surface area contributed by atoms with E-state index in [1.807, 2.05) is 38.1 Å². The van der Waals surface area contributed by atoms with Gasteiger partial charge in [0, 0.05) is 19.3 Å². The molecule has 0 aromatic heterocycles. The highest BCUT2D eigenvalue weighted by molar-refractivity contribution is 14.0. The number of nitrogens with zero attached hydrogens (tertiary/aromatic N) is 1. The second-order valence-electron chi connectivity index (χ2n) is 6.46. The number of sulfone groups is 1. The lowest BCUT2D eigenvalue weighted by atomic mass is 10.1. The number of guanidine groups is 1. The highest BCUT2D eigenvalue weighted by atomic mass is 127. The Labute approximate surface area is 183 Å². The number of hydrogen-bond donors (Lipinski definition) is 2. The fraction of sp³-hybridized carbons (Fsp3) is 0.350. The SMILES string of the molecule is CCNC(=NCc1cc(F)ccc1CS(C)(=O)=O)NCc1ccccc1C.I. The maximum Gasteiger partial charge on any atom is 0.191 e. The molecule has 0 saturated carbocycles. The summed E-state index contributed by atoms with van der Waals surface area (Å²) in [5.41, 5.74) is 3.47. The molecule has 0 radical (unpaired) electrons. The van der Waals surface area contributed by atoms with Crippen molar-refractivity contribution in [3.8, 4) is 0 Å². The van der Waals surface area contributed by atoms with Crippen molar-refractivity contribution >= 4 is 39.8 Å². The molecule has 0 bridgehead atoms. The predicted octanol–water partition coefficient (Wildman–Crippen LogP) is 3.55. The van der Waals surface area contributed by atoms with Crippen LogP contribution in [0.15, 0.2) is 47.5 Å². The molecule has 0 spiro atoms. The molecule has 2 rings (SSSR count). The van der Waals surface area contributed by atoms with Gasteiger partial charge < -0.3 is 10.6 Å². The Morgan fingerprint density at radius 2 is 1.79 bits per heavy atom. The molecule has 0 fully saturated rings. The Hall–Kier alpha value is -1.68. The fourth-order valence-electron chi connectivity index (χ4n) is 2.66. The zero-order chi connectivity index (χ0) is 19.9. The molecule has 2 aromatic rings. The Kier molecular flexibility index (Phi) is 9.88. The molecule has 2 N–H and O–H groups in total. The Bertz CT molecular complexity index is 917. The van der Waals surface area contributed by atoms with E-state index < -0.39 is 15.7 Å². The third-order valence-electron chi connectivity index (χ3n) is 4.05. The number of halogens is 2. The van der Waals surface area contributed by atoms with Crippen LogP contribution >= 0.6 is 24.0 Å². The van der Waals surface area contributed by atoms with Crippen LogP contribution in [0.3, 0.4) is 0 Å². The zero-order valence-corrected chi connectivity index (χ0v) is 19.5. The standard InChI is InChI=1S/C20H26FN3O2S.HI/c1-4-22-20(23-12-16-8-6-5-7-15(16)2)24-13-18-11-19(21)10-9-17(18)14-27(3,25)26;/h5-11H,4,12-14H2,1-3H3,(H2,22,23,24);1H. The zero-order valence-electron chi connectivity index (χ0n) is 16.3. The second-order valence-corrected chi connectivity index (χ2v) is 8.60. The van der Waals surface area contributed by atoms with Gasteiger partial charge in [-0.25, -0.2) is 17.8 Å². The summed E-state index contributed by atoms with van der Waals surface area (Å²) in [6.45, 7) is 5.48. The van der Waals surface area contributed by atoms with Gasteiger partial charge in [-0.05, 0) is 48.2 Å². The fourth-order valence-corrected chi connectivity index (χ4v) is 3.50. The molecule has 154 valence electrons. The number of nitrogens with one attached hydrogen (secondary N) is 2. The number of benzene rings is 2. The van der Waals surface area contributed by atoms with Gasteiger partial charge in [-0.3, -0.25) is 0 Å². The average molecular weight is 519 g/mol. The van der Waals surface area contributed by atoms with E-state index in [0.717, 1.165) is 11.8 Å². The molecule has 0 aliphatic rings. The topological polar surface area (TPSA) is 70.6 Å². The molecular formula is C20H27FIN3O2S. The highest BCUT2D eigenvalue weighted by Crippen LogP contribution is 2.15. The number of aliphatic imine (C=N–C) groups is 1. The molecule has 0 heterocycles. The first-order valence-electron chi connectivity index (χ1n) is 8.80. The molecule has 0 aliphatic heterocycles. The third-order valence-corrected chi connectivity index (χ3v) is 4.88. The van der Waals surface area contributed by atoms with Crippen LogP contribution in [0.4, 0.5) is 4.39 Å². The first kappa shape index (κ1) is 24.4. The largest absolute Gasteiger partial charge is 0.357 e. The van der Waals surface area contributed by atoms with Crippen LogP contribution in [0.1, 0.15) is 29.2 Å². The summed E-state index contributed by atoms with van der Waals surface area (Å²) in [4.78, 5) is 4.49.